The average molecular weight is 330 g/mol. The van der Waals surface area contributed by atoms with E-state index in [0.29, 0.717) is 19.4 Å². The number of hydrogen-bond donors (Lipinski definition) is 2. The molecule has 0 spiro atoms. The van der Waals surface area contributed by atoms with E-state index >= 15 is 0 Å². The van der Waals surface area contributed by atoms with Gasteiger partial charge in [-0.3, -0.25) is 0 Å². The summed E-state index contributed by atoms with van der Waals surface area (Å²) in [5.41, 5.74) is 0.0747. The maximum absolute atomic E-state index is 10.7. The minimum Gasteiger partial charge on any atom is -0.493 e. The fourth-order valence-corrected chi connectivity index (χ4v) is 2.33. The number of hydrogen-bond acceptors (Lipinski definition) is 5. The van der Waals surface area contributed by atoms with Gasteiger partial charge in [-0.25, -0.2) is 0 Å². The summed E-state index contributed by atoms with van der Waals surface area (Å²) in [6, 6.07) is 0. The van der Waals surface area contributed by atoms with Gasteiger partial charge in [-0.05, 0) is 66.9 Å². The van der Waals surface area contributed by atoms with Crippen LogP contribution in [0.1, 0.15) is 61.3 Å². The zero-order chi connectivity index (χ0) is 17.8. The number of ether oxygens (including phenoxy) is 3. The van der Waals surface area contributed by atoms with E-state index in [1.807, 2.05) is 41.5 Å². The maximum Gasteiger partial charge on any atom is 0.150 e. The van der Waals surface area contributed by atoms with E-state index in [-0.39, 0.29) is 11.7 Å². The molecule has 0 fully saturated rings. The van der Waals surface area contributed by atoms with E-state index in [1.54, 1.807) is 13.2 Å². The Bertz CT molecular complexity index is 389. The summed E-state index contributed by atoms with van der Waals surface area (Å²) in [6.07, 6.45) is 0.743. The molecule has 0 aromatic rings. The summed E-state index contributed by atoms with van der Waals surface area (Å²) in [5.74, 6) is 0. The molecule has 0 unspecified atom stereocenters. The van der Waals surface area contributed by atoms with Gasteiger partial charge in [0.15, 0.2) is 0 Å². The number of aliphatic hydroxyl groups is 2. The Hall–Kier alpha value is -0.620. The monoisotopic (exact) mass is 330 g/mol. The zero-order valence-electron chi connectivity index (χ0n) is 15.6. The summed E-state index contributed by atoms with van der Waals surface area (Å²) in [7, 11) is 0. The minimum atomic E-state index is -0.754. The number of rotatable bonds is 6. The molecule has 1 aliphatic heterocycles. The molecular formula is C18H34O5. The lowest BCUT2D eigenvalue weighted by molar-refractivity contribution is -0.180. The molecule has 0 aromatic carbocycles. The summed E-state index contributed by atoms with van der Waals surface area (Å²) in [4.78, 5) is 0. The van der Waals surface area contributed by atoms with Crippen LogP contribution in [0.4, 0.5) is 0 Å². The van der Waals surface area contributed by atoms with Gasteiger partial charge in [0.2, 0.25) is 0 Å². The van der Waals surface area contributed by atoms with Crippen molar-refractivity contribution in [3.63, 3.8) is 0 Å². The molecule has 1 rings (SSSR count). The lowest BCUT2D eigenvalue weighted by Crippen LogP contribution is -2.50. The highest BCUT2D eigenvalue weighted by Crippen LogP contribution is 2.29. The molecule has 5 nitrogen and oxygen atoms in total. The van der Waals surface area contributed by atoms with Crippen molar-refractivity contribution >= 4 is 0 Å². The Balaban J connectivity index is 2.83. The molecule has 0 radical (unpaired) electrons. The molecule has 0 saturated heterocycles. The van der Waals surface area contributed by atoms with Crippen LogP contribution in [-0.4, -0.2) is 52.4 Å². The van der Waals surface area contributed by atoms with Crippen LogP contribution in [0, 0.1) is 0 Å². The summed E-state index contributed by atoms with van der Waals surface area (Å²) in [5, 5.41) is 20.1. The second-order valence-electron chi connectivity index (χ2n) is 8.32. The lowest BCUT2D eigenvalue weighted by atomic mass is 9.94. The first-order valence-corrected chi connectivity index (χ1v) is 8.41. The Labute approximate surface area is 140 Å². The van der Waals surface area contributed by atoms with Gasteiger partial charge in [0, 0.05) is 0 Å². The van der Waals surface area contributed by atoms with Crippen LogP contribution in [-0.2, 0) is 14.2 Å². The smallest absolute Gasteiger partial charge is 0.150 e. The third kappa shape index (κ3) is 7.66. The van der Waals surface area contributed by atoms with Crippen molar-refractivity contribution in [2.24, 2.45) is 0 Å². The van der Waals surface area contributed by atoms with Crippen LogP contribution in [0.5, 0.6) is 0 Å². The van der Waals surface area contributed by atoms with Gasteiger partial charge in [-0.1, -0.05) is 0 Å². The van der Waals surface area contributed by atoms with Gasteiger partial charge in [0.25, 0.3) is 0 Å². The van der Waals surface area contributed by atoms with Crippen LogP contribution in [0.3, 0.4) is 0 Å². The molecule has 2 N–H and O–H groups in total. The van der Waals surface area contributed by atoms with Gasteiger partial charge in [-0.15, -0.1) is 0 Å². The molecular weight excluding hydrogens is 296 g/mol. The van der Waals surface area contributed by atoms with Crippen LogP contribution in [0.25, 0.3) is 0 Å². The van der Waals surface area contributed by atoms with E-state index in [1.165, 1.54) is 0 Å². The van der Waals surface area contributed by atoms with E-state index in [9.17, 15) is 10.2 Å². The molecule has 1 heterocycles. The van der Waals surface area contributed by atoms with E-state index in [2.05, 4.69) is 0 Å². The third-order valence-corrected chi connectivity index (χ3v) is 3.47. The highest BCUT2D eigenvalue weighted by atomic mass is 16.6. The second kappa shape index (κ2) is 7.97. The first-order chi connectivity index (χ1) is 10.4. The Morgan fingerprint density at radius 3 is 2.26 bits per heavy atom. The molecule has 0 saturated carbocycles. The van der Waals surface area contributed by atoms with Gasteiger partial charge < -0.3 is 24.4 Å². The molecule has 0 aliphatic carbocycles. The summed E-state index contributed by atoms with van der Waals surface area (Å²) >= 11 is 0. The van der Waals surface area contributed by atoms with Gasteiger partial charge >= 0.3 is 0 Å². The predicted molar refractivity (Wildman–Crippen MR) is 90.2 cm³/mol. The molecule has 0 bridgehead atoms. The maximum atomic E-state index is 10.7. The Morgan fingerprint density at radius 1 is 1.17 bits per heavy atom. The molecule has 4 atom stereocenters. The molecule has 1 aliphatic rings. The number of aliphatic hydroxyl groups excluding tert-OH is 2. The van der Waals surface area contributed by atoms with E-state index < -0.39 is 23.9 Å². The second-order valence-corrected chi connectivity index (χ2v) is 8.32. The molecule has 136 valence electrons. The fraction of sp³-hybridized carbons (Fsp3) is 0.889. The minimum absolute atomic E-state index is 0.281. The van der Waals surface area contributed by atoms with Crippen LogP contribution >= 0.6 is 0 Å². The van der Waals surface area contributed by atoms with Crippen molar-refractivity contribution in [3.05, 3.63) is 11.8 Å². The first kappa shape index (κ1) is 20.4. The van der Waals surface area contributed by atoms with Crippen molar-refractivity contribution in [3.8, 4) is 0 Å². The normalized spacial score (nSPS) is 27.3. The van der Waals surface area contributed by atoms with Crippen molar-refractivity contribution in [1.29, 1.82) is 0 Å². The van der Waals surface area contributed by atoms with Crippen LogP contribution in [0.2, 0.25) is 0 Å². The summed E-state index contributed by atoms with van der Waals surface area (Å²) < 4.78 is 17.7. The van der Waals surface area contributed by atoms with Gasteiger partial charge in [0.1, 0.15) is 18.3 Å². The molecule has 0 aromatic heterocycles. The quantitative estimate of drug-likeness (QED) is 0.784. The average Bonchev–Trinajstić information content (AvgIpc) is 2.35. The van der Waals surface area contributed by atoms with Crippen molar-refractivity contribution in [2.75, 3.05) is 6.61 Å². The van der Waals surface area contributed by atoms with Crippen LogP contribution in [0.15, 0.2) is 11.8 Å². The molecule has 23 heavy (non-hydrogen) atoms. The largest absolute Gasteiger partial charge is 0.493 e. The Kier molecular flexibility index (Phi) is 7.08. The lowest BCUT2D eigenvalue weighted by Gasteiger charge is -2.40. The van der Waals surface area contributed by atoms with Crippen LogP contribution < -0.4 is 0 Å². The highest BCUT2D eigenvalue weighted by Gasteiger charge is 2.39. The van der Waals surface area contributed by atoms with E-state index in [4.69, 9.17) is 14.2 Å². The fourth-order valence-electron chi connectivity index (χ4n) is 2.33. The third-order valence-electron chi connectivity index (χ3n) is 3.47. The van der Waals surface area contributed by atoms with Crippen molar-refractivity contribution in [1.82, 2.24) is 0 Å². The predicted octanol–water partition coefficient (Wildman–Crippen LogP) is 2.79. The highest BCUT2D eigenvalue weighted by molar-refractivity contribution is 5.13. The molecule has 0 amide bonds. The first-order valence-electron chi connectivity index (χ1n) is 8.41. The molecule has 5 heteroatoms. The topological polar surface area (TPSA) is 68.2 Å². The standard InChI is InChI=1S/C18H34O5/c1-12(19)8-9-13-10-21-14(11-22-17(2,3)4)16(15(13)20)23-18(5,6)7/h10,12,14-16,19-20H,8-9,11H2,1-7H3/t12-,14+,15+,16+/m0/s1. The van der Waals surface area contributed by atoms with Gasteiger partial charge in [-0.2, -0.15) is 0 Å². The zero-order valence-corrected chi connectivity index (χ0v) is 15.6. The van der Waals surface area contributed by atoms with Crippen molar-refractivity contribution < 1.29 is 24.4 Å². The van der Waals surface area contributed by atoms with E-state index in [0.717, 1.165) is 5.57 Å². The van der Waals surface area contributed by atoms with Gasteiger partial charge in [0.05, 0.1) is 30.2 Å². The Morgan fingerprint density at radius 2 is 1.78 bits per heavy atom. The SMILES string of the molecule is C[C@H](O)CCC1=CO[C@H](COC(C)(C)C)[C@@H](OC(C)(C)C)[C@@H]1O. The van der Waals surface area contributed by atoms with Crippen molar-refractivity contribution in [2.45, 2.75) is 96.9 Å². The summed E-state index contributed by atoms with van der Waals surface area (Å²) in [6.45, 7) is 13.9.